The Balaban J connectivity index is -0.0000000267. The molecule has 4 nitrogen and oxygen atoms in total. The van der Waals surface area contributed by atoms with Crippen LogP contribution in [-0.2, 0) is 4.57 Å². The molecule has 0 aliphatic heterocycles. The van der Waals surface area contributed by atoms with Crippen molar-refractivity contribution in [3.63, 3.8) is 0 Å². The first-order chi connectivity index (χ1) is 2.00. The van der Waals surface area contributed by atoms with Crippen molar-refractivity contribution in [3.8, 4) is 0 Å². The normalized spacial score (nSPS) is 7.38. The average molecular weight is 286 g/mol. The summed E-state index contributed by atoms with van der Waals surface area (Å²) in [4.78, 5) is 24.3. The maximum atomic E-state index is 8.66. The van der Waals surface area contributed by atoms with Gasteiger partial charge in [-0.3, -0.25) is 4.70 Å². The van der Waals surface area contributed by atoms with Crippen molar-refractivity contribution in [3.05, 3.63) is 0 Å². The number of hydrogen-bond acceptors (Lipinski definition) is 3. The molecule has 0 spiro atoms. The van der Waals surface area contributed by atoms with E-state index >= 15 is 0 Å². The second kappa shape index (κ2) is 9.38. The van der Waals surface area contributed by atoms with Gasteiger partial charge in [0.25, 0.3) is 0 Å². The third-order valence-corrected chi connectivity index (χ3v) is 0. The van der Waals surface area contributed by atoms with Gasteiger partial charge in [0.15, 0.2) is 0 Å². The Morgan fingerprint density at radius 1 is 1.38 bits per heavy atom. The summed E-state index contributed by atoms with van der Waals surface area (Å²) in [5, 5.41) is 0. The fraction of sp³-hybridized carbons (Fsp3) is 0. The molecule has 0 heterocycles. The summed E-state index contributed by atoms with van der Waals surface area (Å²) in [6.07, 6.45) is 0. The topological polar surface area (TPSA) is 83.4 Å². The second-order valence-electron chi connectivity index (χ2n) is 0.469. The zero-order valence-corrected chi connectivity index (χ0v) is 12.0. The van der Waals surface area contributed by atoms with Gasteiger partial charge in [0.05, 0.1) is 20.2 Å². The molecule has 8 heteroatoms. The Kier molecular flexibility index (Phi) is 26.3. The molecule has 1 N–H and O–H groups in total. The van der Waals surface area contributed by atoms with Gasteiger partial charge in [-0.05, 0) is 0 Å². The minimum Gasteiger partial charge on any atom is -0.790 e. The van der Waals surface area contributed by atoms with Gasteiger partial charge in [-0.1, -0.05) is 0 Å². The van der Waals surface area contributed by atoms with Crippen molar-refractivity contribution in [1.82, 2.24) is 0 Å². The van der Waals surface area contributed by atoms with Crippen LogP contribution in [0.1, 0.15) is 0 Å². The van der Waals surface area contributed by atoms with Crippen LogP contribution < -0.4 is 78.7 Å². The van der Waals surface area contributed by atoms with Gasteiger partial charge in [-0.2, -0.15) is 0 Å². The molecule has 0 aliphatic rings. The van der Waals surface area contributed by atoms with E-state index in [0.29, 0.717) is 0 Å². The maximum absolute atomic E-state index is 8.66. The molecule has 0 saturated heterocycles. The van der Waals surface area contributed by atoms with Gasteiger partial charge in [-0.25, -0.2) is 0 Å². The Bertz CT molecular complexity index is 62.2. The van der Waals surface area contributed by atoms with Gasteiger partial charge in [-0.15, -0.1) is 0 Å². The minimum atomic E-state index is -5.14. The zero-order valence-electron chi connectivity index (χ0n) is 3.97. The van der Waals surface area contributed by atoms with E-state index in [1.807, 2.05) is 0 Å². The van der Waals surface area contributed by atoms with E-state index < -0.39 is 7.82 Å². The molecule has 0 fully saturated rings. The Morgan fingerprint density at radius 2 is 1.38 bits per heavy atom. The van der Waals surface area contributed by atoms with Crippen LogP contribution in [-0.4, -0.2) is 4.89 Å². The predicted molar refractivity (Wildman–Crippen MR) is 15.1 cm³/mol. The van der Waals surface area contributed by atoms with E-state index in [1.54, 1.807) is 0 Å². The first-order valence-corrected chi connectivity index (χ1v) is 2.24. The van der Waals surface area contributed by atoms with Crippen molar-refractivity contribution in [2.45, 2.75) is 0 Å². The summed E-state index contributed by atoms with van der Waals surface area (Å²) in [5.41, 5.74) is 0. The van der Waals surface area contributed by atoms with Crippen LogP contribution >= 0.6 is 7.82 Å². The van der Waals surface area contributed by atoms with Crippen molar-refractivity contribution < 1.29 is 105 Å². The molecule has 0 aromatic carbocycles. The maximum Gasteiger partial charge on any atom is 1.00 e. The fourth-order valence-electron chi connectivity index (χ4n) is 0. The van der Waals surface area contributed by atoms with E-state index in [1.165, 1.54) is 0 Å². The second-order valence-corrected chi connectivity index (χ2v) is 1.41. The average Bonchev–Trinajstić information content (AvgIpc) is 0.722. The number of halogens is 2. The molecule has 48 valence electrons. The largest absolute Gasteiger partial charge is 1.00 e. The zero-order chi connectivity index (χ0) is 4.50. The summed E-state index contributed by atoms with van der Waals surface area (Å²) in [6.45, 7) is 0. The molecule has 0 aromatic heterocycles. The third-order valence-electron chi connectivity index (χ3n) is 0. The van der Waals surface area contributed by atoms with E-state index in [-0.39, 0.29) is 86.0 Å². The smallest absolute Gasteiger partial charge is 0.790 e. The van der Waals surface area contributed by atoms with Gasteiger partial charge in [0.2, 0.25) is 0 Å². The van der Waals surface area contributed by atoms with E-state index in [9.17, 15) is 0 Å². The number of phosphoric acid groups is 1. The molecule has 0 unspecified atom stereocenters. The number of hydrogen-bond donors (Lipinski definition) is 1. The molecule has 0 atom stereocenters. The molecule has 0 rings (SSSR count). The van der Waals surface area contributed by atoms with E-state index in [0.717, 1.165) is 0 Å². The molecule has 0 aliphatic carbocycles. The van der Waals surface area contributed by atoms with Gasteiger partial charge < -0.3 is 19.2 Å². The van der Waals surface area contributed by atoms with E-state index in [2.05, 4.69) is 0 Å². The van der Waals surface area contributed by atoms with Crippen molar-refractivity contribution >= 4 is 7.82 Å². The Morgan fingerprint density at radius 3 is 1.38 bits per heavy atom. The molecule has 8 heavy (non-hydrogen) atoms. The van der Waals surface area contributed by atoms with Gasteiger partial charge in [0.1, 0.15) is 0 Å². The van der Waals surface area contributed by atoms with Crippen LogP contribution in [0.4, 0.5) is 4.70 Å². The van der Waals surface area contributed by atoms with Crippen LogP contribution in [0.3, 0.4) is 0 Å². The van der Waals surface area contributed by atoms with Crippen molar-refractivity contribution in [2.24, 2.45) is 0 Å². The molecule has 0 amide bonds. The molecular weight excluding hydrogens is 282 g/mol. The predicted octanol–water partition coefficient (Wildman–Crippen LogP) is -5.57. The number of rotatable bonds is 0. The van der Waals surface area contributed by atoms with Crippen LogP contribution in [0.5, 0.6) is 0 Å². The first-order valence-electron chi connectivity index (χ1n) is 0.748. The summed E-state index contributed by atoms with van der Waals surface area (Å²) in [6, 6.07) is 0. The van der Waals surface area contributed by atoms with Crippen LogP contribution in [0.25, 0.3) is 0 Å². The molecule has 0 aromatic rings. The monoisotopic (exact) mass is 286 g/mol. The molecular formula is H4ClCsFO4P. The molecule has 0 radical (unpaired) electrons. The summed E-state index contributed by atoms with van der Waals surface area (Å²) in [7, 11) is -5.14. The minimum absolute atomic E-state index is 0. The SMILES string of the molecule is F.O=P([O-])([O-])O.[ClH2+].[Cs+]. The standard InChI is InChI=1S/ClH2.Cs.FH.H3O4P/c;;;1-5(2,3)4/h1H2;;1H;(H3,1,2,3,4)/q2*+1;;/p-2. The van der Waals surface area contributed by atoms with Crippen molar-refractivity contribution in [1.29, 1.82) is 0 Å². The Labute approximate surface area is 110 Å². The van der Waals surface area contributed by atoms with Crippen LogP contribution in [0.2, 0.25) is 0 Å². The third kappa shape index (κ3) is 80.5. The molecule has 0 bridgehead atoms. The summed E-state index contributed by atoms with van der Waals surface area (Å²) in [5.74, 6) is 0. The van der Waals surface area contributed by atoms with Crippen molar-refractivity contribution in [2.75, 3.05) is 0 Å². The summed E-state index contributed by atoms with van der Waals surface area (Å²) < 4.78 is 8.66. The van der Waals surface area contributed by atoms with Gasteiger partial charge >= 0.3 is 68.9 Å². The van der Waals surface area contributed by atoms with Gasteiger partial charge in [0, 0.05) is 0 Å². The first kappa shape index (κ1) is 22.4. The van der Waals surface area contributed by atoms with E-state index in [4.69, 9.17) is 19.2 Å². The molecule has 0 saturated carbocycles. The quantitative estimate of drug-likeness (QED) is 0.450. The summed E-state index contributed by atoms with van der Waals surface area (Å²) >= 11 is 0. The van der Waals surface area contributed by atoms with Crippen LogP contribution in [0, 0.1) is 12.4 Å². The fourth-order valence-corrected chi connectivity index (χ4v) is 0. The van der Waals surface area contributed by atoms with Crippen LogP contribution in [0.15, 0.2) is 0 Å². The Hall–Kier alpha value is 2.38.